The van der Waals surface area contributed by atoms with Crippen LogP contribution in [0.1, 0.15) is 19.8 Å². The Morgan fingerprint density at radius 2 is 2.50 bits per heavy atom. The van der Waals surface area contributed by atoms with Gasteiger partial charge in [-0.15, -0.1) is 0 Å². The van der Waals surface area contributed by atoms with E-state index in [0.717, 1.165) is 25.9 Å². The lowest BCUT2D eigenvalue weighted by Crippen LogP contribution is -2.49. The van der Waals surface area contributed by atoms with Crippen LogP contribution in [0.5, 0.6) is 0 Å². The van der Waals surface area contributed by atoms with Gasteiger partial charge in [0.2, 0.25) is 0 Å². The maximum atomic E-state index is 9.35. The van der Waals surface area contributed by atoms with E-state index in [0.29, 0.717) is 12.2 Å². The fourth-order valence-corrected chi connectivity index (χ4v) is 2.53. The number of rotatable bonds is 1. The maximum absolute atomic E-state index is 9.35. The summed E-state index contributed by atoms with van der Waals surface area (Å²) in [5.74, 6) is 0. The molecule has 0 aliphatic carbocycles. The van der Waals surface area contributed by atoms with Crippen molar-refractivity contribution >= 4 is 0 Å². The van der Waals surface area contributed by atoms with Gasteiger partial charge in [0.15, 0.2) is 0 Å². The van der Waals surface area contributed by atoms with E-state index in [2.05, 4.69) is 12.2 Å². The zero-order valence-corrected chi connectivity index (χ0v) is 7.55. The Kier molecular flexibility index (Phi) is 2.10. The summed E-state index contributed by atoms with van der Waals surface area (Å²) in [7, 11) is 0. The molecular formula is C9H17NO2. The number of aliphatic hydroxyl groups is 1. The summed E-state index contributed by atoms with van der Waals surface area (Å²) in [5.41, 5.74) is 0.0255. The van der Waals surface area contributed by atoms with Gasteiger partial charge in [-0.05, 0) is 26.3 Å². The summed E-state index contributed by atoms with van der Waals surface area (Å²) in [6.45, 7) is 4.29. The van der Waals surface area contributed by atoms with E-state index in [-0.39, 0.29) is 12.0 Å². The van der Waals surface area contributed by atoms with E-state index < -0.39 is 0 Å². The summed E-state index contributed by atoms with van der Waals surface area (Å²) >= 11 is 0. The van der Waals surface area contributed by atoms with Gasteiger partial charge < -0.3 is 15.2 Å². The SMILES string of the molecule is C[C@@H]1C[C@]2(CO)CNCC[C@@H]2O1. The Balaban J connectivity index is 2.14. The zero-order valence-electron chi connectivity index (χ0n) is 7.55. The number of piperidine rings is 1. The molecule has 0 unspecified atom stereocenters. The molecule has 2 saturated heterocycles. The van der Waals surface area contributed by atoms with Gasteiger partial charge in [0, 0.05) is 12.0 Å². The van der Waals surface area contributed by atoms with Crippen LogP contribution >= 0.6 is 0 Å². The van der Waals surface area contributed by atoms with Crippen molar-refractivity contribution < 1.29 is 9.84 Å². The first-order valence-corrected chi connectivity index (χ1v) is 4.74. The Morgan fingerprint density at radius 3 is 3.17 bits per heavy atom. The predicted octanol–water partition coefficient (Wildman–Crippen LogP) is 0.136. The normalized spacial score (nSPS) is 47.5. The highest BCUT2D eigenvalue weighted by atomic mass is 16.5. The molecule has 2 aliphatic rings. The van der Waals surface area contributed by atoms with Crippen LogP contribution in [-0.2, 0) is 4.74 Å². The molecule has 0 aromatic carbocycles. The fourth-order valence-electron chi connectivity index (χ4n) is 2.53. The van der Waals surface area contributed by atoms with Gasteiger partial charge >= 0.3 is 0 Å². The topological polar surface area (TPSA) is 41.5 Å². The molecule has 0 aromatic rings. The van der Waals surface area contributed by atoms with Crippen molar-refractivity contribution in [3.8, 4) is 0 Å². The van der Waals surface area contributed by atoms with Gasteiger partial charge in [0.05, 0.1) is 18.8 Å². The molecule has 2 rings (SSSR count). The van der Waals surface area contributed by atoms with Crippen LogP contribution in [0.4, 0.5) is 0 Å². The first-order valence-electron chi connectivity index (χ1n) is 4.74. The van der Waals surface area contributed by atoms with Crippen molar-refractivity contribution in [2.45, 2.75) is 32.0 Å². The summed E-state index contributed by atoms with van der Waals surface area (Å²) in [6.07, 6.45) is 2.66. The summed E-state index contributed by atoms with van der Waals surface area (Å²) in [4.78, 5) is 0. The van der Waals surface area contributed by atoms with Crippen molar-refractivity contribution in [2.75, 3.05) is 19.7 Å². The number of aliphatic hydroxyl groups excluding tert-OH is 1. The van der Waals surface area contributed by atoms with Crippen LogP contribution < -0.4 is 5.32 Å². The van der Waals surface area contributed by atoms with Crippen LogP contribution in [0.3, 0.4) is 0 Å². The minimum atomic E-state index is 0.0255. The van der Waals surface area contributed by atoms with Crippen LogP contribution in [0.25, 0.3) is 0 Å². The third-order valence-corrected chi connectivity index (χ3v) is 3.15. The number of fused-ring (bicyclic) bond motifs is 1. The van der Waals surface area contributed by atoms with Crippen molar-refractivity contribution in [2.24, 2.45) is 5.41 Å². The number of hydrogen-bond donors (Lipinski definition) is 2. The summed E-state index contributed by atoms with van der Waals surface area (Å²) in [6, 6.07) is 0. The van der Waals surface area contributed by atoms with Gasteiger partial charge in [-0.3, -0.25) is 0 Å². The third kappa shape index (κ3) is 1.16. The molecule has 2 heterocycles. The monoisotopic (exact) mass is 171 g/mol. The van der Waals surface area contributed by atoms with Crippen LogP contribution in [0.2, 0.25) is 0 Å². The first kappa shape index (κ1) is 8.48. The molecule has 0 spiro atoms. The average Bonchev–Trinajstić information content (AvgIpc) is 2.41. The summed E-state index contributed by atoms with van der Waals surface area (Å²) < 4.78 is 5.76. The molecule has 0 aromatic heterocycles. The maximum Gasteiger partial charge on any atom is 0.0682 e. The third-order valence-electron chi connectivity index (χ3n) is 3.15. The summed E-state index contributed by atoms with van der Waals surface area (Å²) in [5, 5.41) is 12.7. The molecule has 0 bridgehead atoms. The van der Waals surface area contributed by atoms with E-state index in [1.165, 1.54) is 0 Å². The molecule has 2 aliphatic heterocycles. The van der Waals surface area contributed by atoms with E-state index in [1.807, 2.05) is 0 Å². The van der Waals surface area contributed by atoms with E-state index in [4.69, 9.17) is 4.74 Å². The van der Waals surface area contributed by atoms with Crippen molar-refractivity contribution in [1.82, 2.24) is 5.32 Å². The Labute approximate surface area is 73.1 Å². The fraction of sp³-hybridized carbons (Fsp3) is 1.00. The standard InChI is InChI=1S/C9H17NO2/c1-7-4-9(6-11)5-10-3-2-8(9)12-7/h7-8,10-11H,2-6H2,1H3/t7-,8+,9-/m1/s1. The lowest BCUT2D eigenvalue weighted by molar-refractivity contribution is -0.0209. The van der Waals surface area contributed by atoms with Gasteiger partial charge in [0.25, 0.3) is 0 Å². The van der Waals surface area contributed by atoms with Crippen molar-refractivity contribution in [1.29, 1.82) is 0 Å². The Hall–Kier alpha value is -0.120. The van der Waals surface area contributed by atoms with Gasteiger partial charge in [-0.2, -0.15) is 0 Å². The van der Waals surface area contributed by atoms with Crippen LogP contribution in [0.15, 0.2) is 0 Å². The van der Waals surface area contributed by atoms with Gasteiger partial charge in [-0.25, -0.2) is 0 Å². The molecule has 0 radical (unpaired) electrons. The molecular weight excluding hydrogens is 154 g/mol. The molecule has 3 nitrogen and oxygen atoms in total. The highest BCUT2D eigenvalue weighted by molar-refractivity contribution is 4.98. The van der Waals surface area contributed by atoms with Crippen molar-refractivity contribution in [3.63, 3.8) is 0 Å². The lowest BCUT2D eigenvalue weighted by atomic mass is 9.77. The molecule has 0 amide bonds. The number of hydrogen-bond acceptors (Lipinski definition) is 3. The van der Waals surface area contributed by atoms with Gasteiger partial charge in [0.1, 0.15) is 0 Å². The van der Waals surface area contributed by atoms with Crippen LogP contribution in [0, 0.1) is 5.41 Å². The second-order valence-electron chi connectivity index (χ2n) is 4.13. The average molecular weight is 171 g/mol. The largest absolute Gasteiger partial charge is 0.396 e. The molecule has 3 heteroatoms. The quantitative estimate of drug-likeness (QED) is 0.589. The zero-order chi connectivity index (χ0) is 8.60. The van der Waals surface area contributed by atoms with E-state index in [1.54, 1.807) is 0 Å². The van der Waals surface area contributed by atoms with Crippen molar-refractivity contribution in [3.05, 3.63) is 0 Å². The molecule has 12 heavy (non-hydrogen) atoms. The smallest absolute Gasteiger partial charge is 0.0682 e. The minimum Gasteiger partial charge on any atom is -0.396 e. The van der Waals surface area contributed by atoms with E-state index in [9.17, 15) is 5.11 Å². The van der Waals surface area contributed by atoms with Gasteiger partial charge in [-0.1, -0.05) is 0 Å². The highest BCUT2D eigenvalue weighted by Crippen LogP contribution is 2.40. The first-order chi connectivity index (χ1) is 5.77. The Bertz CT molecular complexity index is 174. The van der Waals surface area contributed by atoms with E-state index >= 15 is 0 Å². The molecule has 70 valence electrons. The minimum absolute atomic E-state index is 0.0255. The molecule has 2 N–H and O–H groups in total. The molecule has 0 saturated carbocycles. The Morgan fingerprint density at radius 1 is 1.67 bits per heavy atom. The second-order valence-corrected chi connectivity index (χ2v) is 4.13. The molecule has 3 atom stereocenters. The highest BCUT2D eigenvalue weighted by Gasteiger charge is 2.47. The predicted molar refractivity (Wildman–Crippen MR) is 46.0 cm³/mol. The number of nitrogens with one attached hydrogen (secondary N) is 1. The second kappa shape index (κ2) is 2.98. The molecule has 2 fully saturated rings. The van der Waals surface area contributed by atoms with Crippen LogP contribution in [-0.4, -0.2) is 37.0 Å². The number of ether oxygens (including phenoxy) is 1. The lowest BCUT2D eigenvalue weighted by Gasteiger charge is -2.36.